The van der Waals surface area contributed by atoms with Crippen molar-refractivity contribution in [2.75, 3.05) is 5.32 Å². The number of aliphatic hydroxyl groups is 2. The normalized spacial score (nSPS) is 29.0. The maximum Gasteiger partial charge on any atom is 0.309 e. The van der Waals surface area contributed by atoms with Crippen LogP contribution in [0.1, 0.15) is 77.4 Å². The Morgan fingerprint density at radius 1 is 1.14 bits per heavy atom. The van der Waals surface area contributed by atoms with E-state index in [4.69, 9.17) is 4.74 Å². The molecule has 3 rings (SSSR count). The molecule has 0 radical (unpaired) electrons. The number of ether oxygens (including phenoxy) is 1. The van der Waals surface area contributed by atoms with Gasteiger partial charge in [0.15, 0.2) is 0 Å². The van der Waals surface area contributed by atoms with Gasteiger partial charge in [0.25, 0.3) is 5.91 Å². The number of hydrogen-bond donors (Lipinski definition) is 3. The average Bonchev–Trinajstić information content (AvgIpc) is 3.36. The Labute approximate surface area is 252 Å². The second kappa shape index (κ2) is 14.4. The van der Waals surface area contributed by atoms with Crippen LogP contribution in [0.3, 0.4) is 0 Å². The van der Waals surface area contributed by atoms with Crippen LogP contribution in [0.4, 0.5) is 5.69 Å². The number of cyclic esters (lactones) is 1. The Balaban J connectivity index is 2.08. The fourth-order valence-electron chi connectivity index (χ4n) is 5.28. The Morgan fingerprint density at radius 2 is 1.83 bits per heavy atom. The summed E-state index contributed by atoms with van der Waals surface area (Å²) in [5, 5.41) is 27.6. The van der Waals surface area contributed by atoms with Crippen molar-refractivity contribution < 1.29 is 29.3 Å². The smallest absolute Gasteiger partial charge is 0.309 e. The summed E-state index contributed by atoms with van der Waals surface area (Å²) in [6.45, 7) is 10.3. The number of para-hydroxylation sites is 1. The van der Waals surface area contributed by atoms with Crippen LogP contribution < -0.4 is 5.32 Å². The van der Waals surface area contributed by atoms with Crippen molar-refractivity contribution in [1.82, 2.24) is 4.98 Å². The monoisotopic (exact) mass is 596 g/mol. The van der Waals surface area contributed by atoms with Crippen molar-refractivity contribution in [3.63, 3.8) is 0 Å². The number of carbonyl (C=O) groups is 3. The van der Waals surface area contributed by atoms with Crippen LogP contribution in [-0.4, -0.2) is 50.7 Å². The number of Topliss-reactive ketones (excluding diaryl/α,β-unsaturated/α-hetero) is 1. The van der Waals surface area contributed by atoms with Gasteiger partial charge in [-0.05, 0) is 62.8 Å². The number of rotatable bonds is 4. The number of aryl methyl sites for hydroxylation is 1. The number of nitrogens with zero attached hydrogens (tertiary/aromatic N) is 1. The molecule has 228 valence electrons. The summed E-state index contributed by atoms with van der Waals surface area (Å²) in [4.78, 5) is 45.5. The quantitative estimate of drug-likeness (QED) is 0.297. The molecule has 0 saturated heterocycles. The van der Waals surface area contributed by atoms with E-state index in [0.29, 0.717) is 29.8 Å². The van der Waals surface area contributed by atoms with E-state index in [2.05, 4.69) is 10.3 Å². The number of allylic oxidation sites excluding steroid dienone is 1. The molecule has 0 saturated carbocycles. The standard InChI is InChI=1S/C33H44N2O6S/c1-21-14-10-7-8-13-17-33(22(2)18-26-20-42-24(4)34-26,31(40)35-25-15-11-9-12-16-25)41-28(37)19-27(36)32(5,6)30(39)23(3)29(21)38/h8-9,11-13,15-16,18,20-21,23,27,29,36,38H,7,10,14,17,19H2,1-6H3,(H,35,40)/b13-8-,22-18+/t21-,23+,27-,29-,33-/m0/s1. The molecule has 1 aliphatic rings. The summed E-state index contributed by atoms with van der Waals surface area (Å²) in [7, 11) is 0. The minimum absolute atomic E-state index is 0.0521. The molecule has 2 heterocycles. The van der Waals surface area contributed by atoms with E-state index in [1.165, 1.54) is 11.3 Å². The van der Waals surface area contributed by atoms with Crippen molar-refractivity contribution in [2.24, 2.45) is 17.3 Å². The molecule has 3 N–H and O–H groups in total. The van der Waals surface area contributed by atoms with Gasteiger partial charge in [0, 0.05) is 23.4 Å². The summed E-state index contributed by atoms with van der Waals surface area (Å²) in [6.07, 6.45) is 4.93. The van der Waals surface area contributed by atoms with E-state index in [0.717, 1.165) is 11.4 Å². The third-order valence-electron chi connectivity index (χ3n) is 8.26. The molecule has 0 unspecified atom stereocenters. The largest absolute Gasteiger partial charge is 0.444 e. The molecule has 0 fully saturated rings. The molecule has 8 nitrogen and oxygen atoms in total. The first-order valence-electron chi connectivity index (χ1n) is 14.5. The molecule has 1 aromatic carbocycles. The van der Waals surface area contributed by atoms with E-state index in [9.17, 15) is 24.6 Å². The zero-order chi connectivity index (χ0) is 31.1. The van der Waals surface area contributed by atoms with Crippen molar-refractivity contribution in [3.05, 3.63) is 64.1 Å². The minimum atomic E-state index is -1.75. The molecule has 5 atom stereocenters. The first-order chi connectivity index (χ1) is 19.8. The lowest BCUT2D eigenvalue weighted by Crippen LogP contribution is -2.49. The van der Waals surface area contributed by atoms with Crippen LogP contribution in [0, 0.1) is 24.2 Å². The first kappa shape index (κ1) is 33.4. The maximum absolute atomic E-state index is 14.1. The zero-order valence-electron chi connectivity index (χ0n) is 25.4. The highest BCUT2D eigenvalue weighted by Gasteiger charge is 2.46. The summed E-state index contributed by atoms with van der Waals surface area (Å²) >= 11 is 1.47. The predicted octanol–water partition coefficient (Wildman–Crippen LogP) is 5.89. The van der Waals surface area contributed by atoms with Crippen molar-refractivity contribution in [2.45, 2.75) is 91.5 Å². The molecular formula is C33H44N2O6S. The molecule has 0 aliphatic carbocycles. The van der Waals surface area contributed by atoms with Gasteiger partial charge in [-0.1, -0.05) is 58.0 Å². The summed E-state index contributed by atoms with van der Waals surface area (Å²) in [6, 6.07) is 8.92. The van der Waals surface area contributed by atoms with Crippen LogP contribution in [0.5, 0.6) is 0 Å². The number of esters is 1. The van der Waals surface area contributed by atoms with Gasteiger partial charge in [-0.3, -0.25) is 14.4 Å². The SMILES string of the molecule is C/C(=C\c1csc(C)n1)[C@]1(C(=O)Nc2ccccc2)C/C=C\CCC[C@H](C)[C@H](O)[C@@H](C)C(=O)C(C)(C)[C@@H](O)CC(=O)O1. The lowest BCUT2D eigenvalue weighted by molar-refractivity contribution is -0.166. The van der Waals surface area contributed by atoms with E-state index >= 15 is 0 Å². The van der Waals surface area contributed by atoms with Crippen LogP contribution in [0.25, 0.3) is 6.08 Å². The van der Waals surface area contributed by atoms with Crippen LogP contribution in [0.15, 0.2) is 53.4 Å². The van der Waals surface area contributed by atoms with Gasteiger partial charge in [-0.25, -0.2) is 4.98 Å². The molecule has 2 aromatic rings. The number of hydrogen-bond acceptors (Lipinski definition) is 8. The number of nitrogens with one attached hydrogen (secondary N) is 1. The lowest BCUT2D eigenvalue weighted by Gasteiger charge is -2.36. The second-order valence-corrected chi connectivity index (χ2v) is 13.0. The van der Waals surface area contributed by atoms with Gasteiger partial charge < -0.3 is 20.3 Å². The Bertz CT molecular complexity index is 1300. The summed E-state index contributed by atoms with van der Waals surface area (Å²) in [5.74, 6) is -2.56. The topological polar surface area (TPSA) is 126 Å². The molecule has 1 aromatic heterocycles. The molecule has 42 heavy (non-hydrogen) atoms. The van der Waals surface area contributed by atoms with E-state index in [1.807, 2.05) is 37.4 Å². The molecule has 0 spiro atoms. The first-order valence-corrected chi connectivity index (χ1v) is 15.4. The minimum Gasteiger partial charge on any atom is -0.444 e. The highest BCUT2D eigenvalue weighted by Crippen LogP contribution is 2.35. The van der Waals surface area contributed by atoms with Gasteiger partial charge in [0.2, 0.25) is 5.60 Å². The van der Waals surface area contributed by atoms with Gasteiger partial charge in [-0.2, -0.15) is 0 Å². The highest BCUT2D eigenvalue weighted by atomic mass is 32.1. The van der Waals surface area contributed by atoms with Gasteiger partial charge in [-0.15, -0.1) is 11.3 Å². The Hall–Kier alpha value is -3.14. The predicted molar refractivity (Wildman–Crippen MR) is 166 cm³/mol. The van der Waals surface area contributed by atoms with Gasteiger partial charge in [0.05, 0.1) is 34.7 Å². The Morgan fingerprint density at radius 3 is 2.48 bits per heavy atom. The highest BCUT2D eigenvalue weighted by molar-refractivity contribution is 7.09. The van der Waals surface area contributed by atoms with Gasteiger partial charge in [0.1, 0.15) is 5.78 Å². The van der Waals surface area contributed by atoms with Crippen molar-refractivity contribution in [3.8, 4) is 0 Å². The summed E-state index contributed by atoms with van der Waals surface area (Å²) in [5.41, 5.74) is -1.44. The lowest BCUT2D eigenvalue weighted by atomic mass is 9.73. The number of anilines is 1. The number of aromatic nitrogens is 1. The number of thiazole rings is 1. The zero-order valence-corrected chi connectivity index (χ0v) is 26.2. The molecule has 0 bridgehead atoms. The number of amides is 1. The third kappa shape index (κ3) is 8.02. The number of carbonyl (C=O) groups excluding carboxylic acids is 3. The number of benzene rings is 1. The van der Waals surface area contributed by atoms with Crippen molar-refractivity contribution in [1.29, 1.82) is 0 Å². The van der Waals surface area contributed by atoms with E-state index in [1.54, 1.807) is 58.0 Å². The fraction of sp³-hybridized carbons (Fsp3) is 0.515. The number of aliphatic hydroxyl groups excluding tert-OH is 2. The van der Waals surface area contributed by atoms with Crippen LogP contribution in [-0.2, 0) is 19.1 Å². The second-order valence-electron chi connectivity index (χ2n) is 11.9. The maximum atomic E-state index is 14.1. The van der Waals surface area contributed by atoms with Crippen molar-refractivity contribution >= 4 is 40.8 Å². The third-order valence-corrected chi connectivity index (χ3v) is 9.06. The molecular weight excluding hydrogens is 552 g/mol. The van der Waals surface area contributed by atoms with Gasteiger partial charge >= 0.3 is 5.97 Å². The average molecular weight is 597 g/mol. The van der Waals surface area contributed by atoms with E-state index < -0.39 is 47.4 Å². The molecule has 9 heteroatoms. The molecule has 1 amide bonds. The van der Waals surface area contributed by atoms with Crippen LogP contribution >= 0.6 is 11.3 Å². The number of ketones is 1. The van der Waals surface area contributed by atoms with E-state index in [-0.39, 0.29) is 18.1 Å². The Kier molecular flexibility index (Phi) is 11.4. The molecule has 1 aliphatic heterocycles. The summed E-state index contributed by atoms with van der Waals surface area (Å²) < 4.78 is 6.06. The van der Waals surface area contributed by atoms with Crippen LogP contribution in [0.2, 0.25) is 0 Å². The fourth-order valence-corrected chi connectivity index (χ4v) is 5.85.